The maximum Gasteiger partial charge on any atom is 0.573 e. The average molecular weight is 679 g/mol. The molecule has 2 aromatic carbocycles. The van der Waals surface area contributed by atoms with Crippen molar-refractivity contribution in [2.45, 2.75) is 50.6 Å². The fourth-order valence-corrected chi connectivity index (χ4v) is 4.40. The average Bonchev–Trinajstić information content (AvgIpc) is 3.60. The van der Waals surface area contributed by atoms with Gasteiger partial charge in [-0.15, -0.1) is 26.3 Å². The number of alkyl halides is 6. The number of ether oxygens (including phenoxy) is 4. The molecule has 0 unspecified atom stereocenters. The predicted octanol–water partition coefficient (Wildman–Crippen LogP) is 6.81. The van der Waals surface area contributed by atoms with Crippen LogP contribution in [0.2, 0.25) is 0 Å². The Kier molecular flexibility index (Phi) is 9.53. The van der Waals surface area contributed by atoms with E-state index in [1.165, 1.54) is 86.0 Å². The first-order valence-corrected chi connectivity index (χ1v) is 13.8. The highest BCUT2D eigenvalue weighted by Gasteiger charge is 2.39. The molecule has 6 rings (SSSR count). The zero-order valence-electron chi connectivity index (χ0n) is 24.9. The molecule has 12 nitrogen and oxygen atoms in total. The Morgan fingerprint density at radius 1 is 0.542 bits per heavy atom. The topological polar surface area (TPSA) is 132 Å². The van der Waals surface area contributed by atoms with E-state index in [0.717, 1.165) is 0 Å². The van der Waals surface area contributed by atoms with Gasteiger partial charge in [-0.25, -0.2) is 19.9 Å². The van der Waals surface area contributed by atoms with Gasteiger partial charge in [0.2, 0.25) is 11.8 Å². The minimum atomic E-state index is -4.73. The molecule has 0 saturated heterocycles. The summed E-state index contributed by atoms with van der Waals surface area (Å²) in [4.78, 5) is 26.1. The zero-order chi connectivity index (χ0) is 34.4. The van der Waals surface area contributed by atoms with E-state index < -0.39 is 23.9 Å². The van der Waals surface area contributed by atoms with E-state index in [-0.39, 0.29) is 11.5 Å². The van der Waals surface area contributed by atoms with Crippen molar-refractivity contribution in [2.24, 2.45) is 10.3 Å². The lowest BCUT2D eigenvalue weighted by atomic mass is 9.93. The molecule has 0 radical (unpaired) electrons. The van der Waals surface area contributed by atoms with E-state index in [0.29, 0.717) is 47.3 Å². The number of oxime groups is 2. The van der Waals surface area contributed by atoms with Crippen molar-refractivity contribution < 1.29 is 55.0 Å². The Hall–Kier alpha value is -5.68. The number of nitrogens with zero attached hydrogens (tertiary/aromatic N) is 6. The molecule has 0 amide bonds. The van der Waals surface area contributed by atoms with Gasteiger partial charge in [0, 0.05) is 0 Å². The van der Waals surface area contributed by atoms with Crippen LogP contribution in [0.5, 0.6) is 23.0 Å². The molecular formula is C30H24F6N6O6. The van der Waals surface area contributed by atoms with Gasteiger partial charge < -0.3 is 28.6 Å². The van der Waals surface area contributed by atoms with Gasteiger partial charge in [0.05, 0.1) is 37.6 Å². The number of aromatic nitrogens is 4. The molecule has 0 bridgehead atoms. The lowest BCUT2D eigenvalue weighted by molar-refractivity contribution is -0.275. The molecule has 0 spiro atoms. The van der Waals surface area contributed by atoms with E-state index in [1.807, 2.05) is 0 Å². The molecule has 0 N–H and O–H groups in total. The summed E-state index contributed by atoms with van der Waals surface area (Å²) < 4.78 is 91.8. The summed E-state index contributed by atoms with van der Waals surface area (Å²) in [5.74, 6) is 0.875. The minimum Gasteiger partial charge on any atom is -0.436 e. The fraction of sp³-hybridized carbons (Fsp3) is 0.267. The molecule has 2 aromatic heterocycles. The largest absolute Gasteiger partial charge is 0.573 e. The van der Waals surface area contributed by atoms with Crippen LogP contribution in [-0.4, -0.2) is 44.5 Å². The molecule has 4 aromatic rings. The smallest absolute Gasteiger partial charge is 0.436 e. The number of hydrogen-bond donors (Lipinski definition) is 0. The summed E-state index contributed by atoms with van der Waals surface area (Å²) in [6.45, 7) is 3.52. The Morgan fingerprint density at radius 2 is 0.875 bits per heavy atom. The van der Waals surface area contributed by atoms with Crippen molar-refractivity contribution in [2.75, 3.05) is 0 Å². The van der Waals surface area contributed by atoms with E-state index in [2.05, 4.69) is 39.7 Å². The van der Waals surface area contributed by atoms with Gasteiger partial charge in [-0.05, 0) is 49.2 Å². The Morgan fingerprint density at radius 3 is 1.19 bits per heavy atom. The van der Waals surface area contributed by atoms with Crippen LogP contribution in [0.4, 0.5) is 26.3 Å². The molecule has 18 heteroatoms. The van der Waals surface area contributed by atoms with Gasteiger partial charge in [0.15, 0.2) is 22.7 Å². The third-order valence-electron chi connectivity index (χ3n) is 6.62. The molecule has 0 saturated carbocycles. The molecule has 0 aliphatic carbocycles. The second-order valence-corrected chi connectivity index (χ2v) is 10.5. The number of hydrogen-bond acceptors (Lipinski definition) is 12. The zero-order valence-corrected chi connectivity index (χ0v) is 24.9. The molecule has 4 heterocycles. The summed E-state index contributed by atoms with van der Waals surface area (Å²) in [5.41, 5.74) is -0.406. The van der Waals surface area contributed by atoms with Gasteiger partial charge in [-0.2, -0.15) is 0 Å². The van der Waals surface area contributed by atoms with Crippen LogP contribution < -0.4 is 18.9 Å². The maximum absolute atomic E-state index is 12.2. The summed E-state index contributed by atoms with van der Waals surface area (Å²) in [5, 5.41) is 7.74. The van der Waals surface area contributed by atoms with E-state index in [1.54, 1.807) is 13.8 Å². The van der Waals surface area contributed by atoms with E-state index in [4.69, 9.17) is 19.1 Å². The van der Waals surface area contributed by atoms with E-state index >= 15 is 0 Å². The summed E-state index contributed by atoms with van der Waals surface area (Å²) in [7, 11) is 0. The van der Waals surface area contributed by atoms with Crippen molar-refractivity contribution >= 4 is 11.8 Å². The lowest BCUT2D eigenvalue weighted by Crippen LogP contribution is -2.23. The first kappa shape index (κ1) is 33.7. The third kappa shape index (κ3) is 9.20. The highest BCUT2D eigenvalue weighted by Crippen LogP contribution is 2.37. The summed E-state index contributed by atoms with van der Waals surface area (Å²) >= 11 is 0. The van der Waals surface area contributed by atoms with Crippen molar-refractivity contribution in [1.82, 2.24) is 19.9 Å². The second kappa shape index (κ2) is 13.6. The predicted molar refractivity (Wildman–Crippen MR) is 153 cm³/mol. The van der Waals surface area contributed by atoms with E-state index in [9.17, 15) is 26.3 Å². The van der Waals surface area contributed by atoms with Gasteiger partial charge >= 0.3 is 12.7 Å². The molecule has 2 aliphatic heterocycles. The first-order chi connectivity index (χ1) is 22.7. The monoisotopic (exact) mass is 678 g/mol. The van der Waals surface area contributed by atoms with Crippen molar-refractivity contribution in [3.63, 3.8) is 0 Å². The maximum atomic E-state index is 12.2. The highest BCUT2D eigenvalue weighted by atomic mass is 19.4. The first-order valence-electron chi connectivity index (χ1n) is 13.8. The SMILES string of the molecule is C[C@@]1(c2ccc(OC(F)(F)F)cc2)CC(Oc2cncnc2)=NO1.C[C@]1(c2ccc(OC(F)(F)F)cc2)CC(Oc2cncnc2)=NO1. The van der Waals surface area contributed by atoms with Gasteiger partial charge in [-0.3, -0.25) is 0 Å². The second-order valence-electron chi connectivity index (χ2n) is 10.5. The van der Waals surface area contributed by atoms with Crippen LogP contribution in [0.3, 0.4) is 0 Å². The van der Waals surface area contributed by atoms with Crippen LogP contribution in [0.15, 0.2) is 96.3 Å². The number of rotatable bonds is 6. The van der Waals surface area contributed by atoms with Gasteiger partial charge in [0.1, 0.15) is 24.2 Å². The quantitative estimate of drug-likeness (QED) is 0.201. The normalized spacial score (nSPS) is 20.2. The van der Waals surface area contributed by atoms with Gasteiger partial charge in [0.25, 0.3) is 0 Å². The fourth-order valence-electron chi connectivity index (χ4n) is 4.40. The van der Waals surface area contributed by atoms with Crippen molar-refractivity contribution in [3.8, 4) is 23.0 Å². The Bertz CT molecular complexity index is 1600. The van der Waals surface area contributed by atoms with Crippen LogP contribution in [-0.2, 0) is 20.9 Å². The number of benzene rings is 2. The summed E-state index contributed by atoms with van der Waals surface area (Å²) in [6, 6.07) is 10.9. The molecule has 252 valence electrons. The van der Waals surface area contributed by atoms with Crippen LogP contribution in [0.1, 0.15) is 37.8 Å². The minimum absolute atomic E-state index is 0.299. The molecule has 48 heavy (non-hydrogen) atoms. The van der Waals surface area contributed by atoms with Gasteiger partial charge in [-0.1, -0.05) is 34.6 Å². The van der Waals surface area contributed by atoms with Crippen molar-refractivity contribution in [1.29, 1.82) is 0 Å². The number of halogens is 6. The van der Waals surface area contributed by atoms with Crippen LogP contribution >= 0.6 is 0 Å². The molecule has 0 fully saturated rings. The van der Waals surface area contributed by atoms with Crippen LogP contribution in [0.25, 0.3) is 0 Å². The lowest BCUT2D eigenvalue weighted by Gasteiger charge is -2.21. The standard InChI is InChI=1S/2C15H12F3N3O3/c2*1-14(10-2-4-11(5-3-10)23-15(16,17)18)6-13(21-24-14)22-12-7-19-9-20-8-12/h2*2-5,7-9H,6H2,1H3/t2*14-/m10/s1. The van der Waals surface area contributed by atoms with Crippen molar-refractivity contribution in [3.05, 3.63) is 97.1 Å². The highest BCUT2D eigenvalue weighted by molar-refractivity contribution is 5.81. The molecule has 2 aliphatic rings. The Balaban J connectivity index is 0.000000188. The Labute approximate surface area is 267 Å². The van der Waals surface area contributed by atoms with Crippen LogP contribution in [0, 0.1) is 0 Å². The third-order valence-corrected chi connectivity index (χ3v) is 6.62. The summed E-state index contributed by atoms with van der Waals surface area (Å²) in [6.07, 6.45) is -0.175. The molecule has 2 atom stereocenters. The molecular weight excluding hydrogens is 654 g/mol.